The molecule has 1 unspecified atom stereocenters. The molecule has 0 aromatic rings. The van der Waals surface area contributed by atoms with E-state index in [4.69, 9.17) is 10.8 Å². The summed E-state index contributed by atoms with van der Waals surface area (Å²) >= 11 is 0. The molecular weight excluding hydrogens is 224 g/mol. The van der Waals surface area contributed by atoms with Gasteiger partial charge in [0.25, 0.3) is 0 Å². The predicted octanol–water partition coefficient (Wildman–Crippen LogP) is -0.840. The minimum Gasteiger partial charge on any atom is -0.480 e. The Labute approximate surface area is 99.4 Å². The van der Waals surface area contributed by atoms with Crippen LogP contribution in [0.2, 0.25) is 0 Å². The molecule has 0 bridgehead atoms. The van der Waals surface area contributed by atoms with E-state index in [1.165, 1.54) is 4.90 Å². The van der Waals surface area contributed by atoms with Crippen molar-refractivity contribution in [2.75, 3.05) is 6.54 Å². The molecule has 0 aromatic heterocycles. The number of hydrogen-bond donors (Lipinski definition) is 3. The average Bonchev–Trinajstić information content (AvgIpc) is 3.01. The highest BCUT2D eigenvalue weighted by molar-refractivity contribution is 5.90. The number of aliphatic carboxylic acids is 1. The van der Waals surface area contributed by atoms with Crippen LogP contribution in [0.15, 0.2) is 0 Å². The van der Waals surface area contributed by atoms with Gasteiger partial charge in [-0.25, -0.2) is 4.79 Å². The molecule has 1 saturated heterocycles. The van der Waals surface area contributed by atoms with Crippen molar-refractivity contribution < 1.29 is 19.8 Å². The van der Waals surface area contributed by atoms with E-state index < -0.39 is 23.7 Å². The first-order chi connectivity index (χ1) is 7.84. The molecule has 0 aromatic carbocycles. The van der Waals surface area contributed by atoms with Gasteiger partial charge in [-0.1, -0.05) is 0 Å². The second kappa shape index (κ2) is 3.96. The number of carboxylic acid groups (broad SMARTS) is 1. The zero-order chi connectivity index (χ0) is 12.8. The molecule has 1 aliphatic carbocycles. The van der Waals surface area contributed by atoms with E-state index in [1.54, 1.807) is 6.92 Å². The number of aliphatic hydroxyl groups is 1. The molecule has 0 radical (unpaired) electrons. The van der Waals surface area contributed by atoms with E-state index in [1.807, 2.05) is 0 Å². The SMILES string of the molecule is CC(N)(C(=O)N1C[C@@H](O)C[C@H]1C(=O)O)C1CC1. The number of amides is 1. The lowest BCUT2D eigenvalue weighted by atomic mass is 9.95. The van der Waals surface area contributed by atoms with Gasteiger partial charge in [-0.05, 0) is 25.7 Å². The van der Waals surface area contributed by atoms with E-state index in [2.05, 4.69) is 0 Å². The summed E-state index contributed by atoms with van der Waals surface area (Å²) in [6.45, 7) is 1.71. The number of hydrogen-bond acceptors (Lipinski definition) is 4. The summed E-state index contributed by atoms with van der Waals surface area (Å²) in [6, 6.07) is -0.945. The number of likely N-dealkylation sites (tertiary alicyclic amines) is 1. The van der Waals surface area contributed by atoms with Gasteiger partial charge in [0.1, 0.15) is 6.04 Å². The Morgan fingerprint density at radius 1 is 1.41 bits per heavy atom. The van der Waals surface area contributed by atoms with Crippen molar-refractivity contribution in [1.29, 1.82) is 0 Å². The molecule has 1 saturated carbocycles. The number of nitrogens with two attached hydrogens (primary N) is 1. The van der Waals surface area contributed by atoms with Crippen LogP contribution in [0.3, 0.4) is 0 Å². The van der Waals surface area contributed by atoms with Crippen LogP contribution in [0.5, 0.6) is 0 Å². The second-order valence-corrected chi connectivity index (χ2v) is 5.26. The number of carbonyl (C=O) groups is 2. The first-order valence-electron chi connectivity index (χ1n) is 5.85. The van der Waals surface area contributed by atoms with Crippen molar-refractivity contribution in [1.82, 2.24) is 4.90 Å². The highest BCUT2D eigenvalue weighted by atomic mass is 16.4. The van der Waals surface area contributed by atoms with E-state index in [-0.39, 0.29) is 24.8 Å². The monoisotopic (exact) mass is 242 g/mol. The summed E-state index contributed by atoms with van der Waals surface area (Å²) in [6.07, 6.45) is 1.14. The summed E-state index contributed by atoms with van der Waals surface area (Å²) in [7, 11) is 0. The minimum atomic E-state index is -1.08. The predicted molar refractivity (Wildman–Crippen MR) is 59.1 cm³/mol. The van der Waals surface area contributed by atoms with Gasteiger partial charge in [0.05, 0.1) is 11.6 Å². The zero-order valence-electron chi connectivity index (χ0n) is 9.80. The molecule has 1 amide bonds. The largest absolute Gasteiger partial charge is 0.480 e. The Morgan fingerprint density at radius 3 is 2.47 bits per heavy atom. The van der Waals surface area contributed by atoms with E-state index in [0.29, 0.717) is 0 Å². The van der Waals surface area contributed by atoms with E-state index in [9.17, 15) is 14.7 Å². The van der Waals surface area contributed by atoms with Crippen LogP contribution in [-0.4, -0.2) is 51.2 Å². The van der Waals surface area contributed by atoms with Crippen molar-refractivity contribution in [2.24, 2.45) is 11.7 Å². The molecule has 6 heteroatoms. The van der Waals surface area contributed by atoms with Crippen LogP contribution in [-0.2, 0) is 9.59 Å². The maximum Gasteiger partial charge on any atom is 0.326 e. The summed E-state index contributed by atoms with van der Waals surface area (Å²) in [5.41, 5.74) is 4.99. The summed E-state index contributed by atoms with van der Waals surface area (Å²) < 4.78 is 0. The minimum absolute atomic E-state index is 0.0648. The normalized spacial score (nSPS) is 32.3. The standard InChI is InChI=1S/C11H18N2O4/c1-11(12,6-2-3-6)10(17)13-5-7(14)4-8(13)9(15)16/h6-8,14H,2-5,12H2,1H3,(H,15,16)/t7-,8-,11?/m0/s1. The fourth-order valence-electron chi connectivity index (χ4n) is 2.44. The fourth-order valence-corrected chi connectivity index (χ4v) is 2.44. The molecule has 96 valence electrons. The van der Waals surface area contributed by atoms with Crippen molar-refractivity contribution in [3.63, 3.8) is 0 Å². The third kappa shape index (κ3) is 2.14. The highest BCUT2D eigenvalue weighted by Gasteiger charge is 2.50. The van der Waals surface area contributed by atoms with Gasteiger partial charge in [-0.2, -0.15) is 0 Å². The van der Waals surface area contributed by atoms with Gasteiger partial charge in [-0.15, -0.1) is 0 Å². The average molecular weight is 242 g/mol. The zero-order valence-corrected chi connectivity index (χ0v) is 9.80. The lowest BCUT2D eigenvalue weighted by Gasteiger charge is -2.31. The Bertz CT molecular complexity index is 351. The maximum absolute atomic E-state index is 12.2. The van der Waals surface area contributed by atoms with Crippen molar-refractivity contribution in [3.05, 3.63) is 0 Å². The van der Waals surface area contributed by atoms with Gasteiger partial charge in [0, 0.05) is 13.0 Å². The number of carbonyl (C=O) groups excluding carboxylic acids is 1. The van der Waals surface area contributed by atoms with Gasteiger partial charge < -0.3 is 20.8 Å². The number of nitrogens with zero attached hydrogens (tertiary/aromatic N) is 1. The van der Waals surface area contributed by atoms with E-state index in [0.717, 1.165) is 12.8 Å². The van der Waals surface area contributed by atoms with Crippen LogP contribution in [0, 0.1) is 5.92 Å². The highest BCUT2D eigenvalue weighted by Crippen LogP contribution is 2.39. The summed E-state index contributed by atoms with van der Waals surface area (Å²) in [5, 5.41) is 18.5. The molecule has 2 aliphatic rings. The molecule has 2 fully saturated rings. The first kappa shape index (κ1) is 12.3. The number of rotatable bonds is 3. The molecular formula is C11H18N2O4. The number of aliphatic hydroxyl groups excluding tert-OH is 1. The molecule has 1 heterocycles. The molecule has 0 spiro atoms. The van der Waals surface area contributed by atoms with Crippen LogP contribution in [0.1, 0.15) is 26.2 Å². The lowest BCUT2D eigenvalue weighted by molar-refractivity contribution is -0.150. The number of β-amino-alcohol motifs (C(OH)–C–C–N with tert-alkyl or cyclic N) is 1. The molecule has 3 atom stereocenters. The van der Waals surface area contributed by atoms with Gasteiger partial charge in [-0.3, -0.25) is 4.79 Å². The van der Waals surface area contributed by atoms with Crippen molar-refractivity contribution in [3.8, 4) is 0 Å². The fraction of sp³-hybridized carbons (Fsp3) is 0.818. The summed E-state index contributed by atoms with van der Waals surface area (Å²) in [5.74, 6) is -1.30. The lowest BCUT2D eigenvalue weighted by Crippen LogP contribution is -2.57. The van der Waals surface area contributed by atoms with E-state index >= 15 is 0 Å². The Hall–Kier alpha value is -1.14. The van der Waals surface area contributed by atoms with Crippen LogP contribution >= 0.6 is 0 Å². The molecule has 2 rings (SSSR count). The van der Waals surface area contributed by atoms with Gasteiger partial charge in [0.2, 0.25) is 5.91 Å². The molecule has 1 aliphatic heterocycles. The van der Waals surface area contributed by atoms with Gasteiger partial charge in [0.15, 0.2) is 0 Å². The Kier molecular flexibility index (Phi) is 2.87. The number of carboxylic acids is 1. The molecule has 4 N–H and O–H groups in total. The smallest absolute Gasteiger partial charge is 0.326 e. The second-order valence-electron chi connectivity index (χ2n) is 5.26. The molecule has 17 heavy (non-hydrogen) atoms. The van der Waals surface area contributed by atoms with Crippen LogP contribution < -0.4 is 5.73 Å². The van der Waals surface area contributed by atoms with Gasteiger partial charge >= 0.3 is 5.97 Å². The quantitative estimate of drug-likeness (QED) is 0.598. The van der Waals surface area contributed by atoms with Crippen molar-refractivity contribution >= 4 is 11.9 Å². The van der Waals surface area contributed by atoms with Crippen LogP contribution in [0.4, 0.5) is 0 Å². The third-order valence-corrected chi connectivity index (χ3v) is 3.71. The van der Waals surface area contributed by atoms with Crippen molar-refractivity contribution in [2.45, 2.75) is 43.9 Å². The topological polar surface area (TPSA) is 104 Å². The maximum atomic E-state index is 12.2. The Morgan fingerprint density at radius 2 is 2.00 bits per heavy atom. The first-order valence-corrected chi connectivity index (χ1v) is 5.85. The summed E-state index contributed by atoms with van der Waals surface area (Å²) in [4.78, 5) is 24.5. The third-order valence-electron chi connectivity index (χ3n) is 3.71. The Balaban J connectivity index is 2.15. The van der Waals surface area contributed by atoms with Crippen LogP contribution in [0.25, 0.3) is 0 Å². The molecule has 6 nitrogen and oxygen atoms in total.